The fourth-order valence-corrected chi connectivity index (χ4v) is 1.42. The highest BCUT2D eigenvalue weighted by molar-refractivity contribution is 5.96. The first-order valence-electron chi connectivity index (χ1n) is 5.85. The summed E-state index contributed by atoms with van der Waals surface area (Å²) in [7, 11) is 1.21. The molecule has 0 saturated carbocycles. The SMILES string of the molecule is COC(=O)C(C)NC(=O)CNC(=O)c1cccc(F)c1. The van der Waals surface area contributed by atoms with Gasteiger partial charge in [0.2, 0.25) is 5.91 Å². The second kappa shape index (κ2) is 7.22. The van der Waals surface area contributed by atoms with Gasteiger partial charge in [-0.25, -0.2) is 9.18 Å². The van der Waals surface area contributed by atoms with Crippen LogP contribution in [0.1, 0.15) is 17.3 Å². The number of halogens is 1. The Bertz CT molecular complexity index is 519. The maximum absolute atomic E-state index is 12.9. The number of hydrogen-bond acceptors (Lipinski definition) is 4. The van der Waals surface area contributed by atoms with Crippen molar-refractivity contribution < 1.29 is 23.5 Å². The minimum atomic E-state index is -0.807. The maximum Gasteiger partial charge on any atom is 0.328 e. The van der Waals surface area contributed by atoms with Gasteiger partial charge in [0.1, 0.15) is 11.9 Å². The molecule has 0 saturated heterocycles. The van der Waals surface area contributed by atoms with Gasteiger partial charge < -0.3 is 15.4 Å². The number of carbonyl (C=O) groups is 3. The van der Waals surface area contributed by atoms with Crippen LogP contribution in [-0.2, 0) is 14.3 Å². The van der Waals surface area contributed by atoms with E-state index in [-0.39, 0.29) is 12.1 Å². The van der Waals surface area contributed by atoms with E-state index in [2.05, 4.69) is 15.4 Å². The first kappa shape index (κ1) is 15.6. The Morgan fingerprint density at radius 1 is 1.35 bits per heavy atom. The molecule has 1 aromatic rings. The predicted molar refractivity (Wildman–Crippen MR) is 68.4 cm³/mol. The van der Waals surface area contributed by atoms with Crippen LogP contribution in [0.4, 0.5) is 4.39 Å². The van der Waals surface area contributed by atoms with Crippen LogP contribution in [0.25, 0.3) is 0 Å². The first-order chi connectivity index (χ1) is 9.43. The summed E-state index contributed by atoms with van der Waals surface area (Å²) < 4.78 is 17.4. The van der Waals surface area contributed by atoms with Crippen molar-refractivity contribution in [1.82, 2.24) is 10.6 Å². The summed E-state index contributed by atoms with van der Waals surface area (Å²) in [6, 6.07) is 4.28. The van der Waals surface area contributed by atoms with E-state index in [9.17, 15) is 18.8 Å². The number of hydrogen-bond donors (Lipinski definition) is 2. The van der Waals surface area contributed by atoms with Crippen molar-refractivity contribution >= 4 is 17.8 Å². The molecule has 0 aliphatic heterocycles. The minimum absolute atomic E-state index is 0.110. The summed E-state index contributed by atoms with van der Waals surface area (Å²) in [5, 5.41) is 4.66. The lowest BCUT2D eigenvalue weighted by molar-refractivity contribution is -0.144. The number of methoxy groups -OCH3 is 1. The summed E-state index contributed by atoms with van der Waals surface area (Å²) in [6.07, 6.45) is 0. The van der Waals surface area contributed by atoms with Gasteiger partial charge >= 0.3 is 5.97 Å². The average molecular weight is 282 g/mol. The van der Waals surface area contributed by atoms with Crippen molar-refractivity contribution in [3.63, 3.8) is 0 Å². The van der Waals surface area contributed by atoms with Gasteiger partial charge in [-0.05, 0) is 25.1 Å². The average Bonchev–Trinajstić information content (AvgIpc) is 2.43. The van der Waals surface area contributed by atoms with Gasteiger partial charge in [-0.1, -0.05) is 6.07 Å². The Balaban J connectivity index is 2.45. The Morgan fingerprint density at radius 2 is 2.05 bits per heavy atom. The smallest absolute Gasteiger partial charge is 0.328 e. The van der Waals surface area contributed by atoms with Gasteiger partial charge in [0.25, 0.3) is 5.91 Å². The number of esters is 1. The van der Waals surface area contributed by atoms with Gasteiger partial charge in [-0.3, -0.25) is 9.59 Å². The molecule has 0 aliphatic rings. The maximum atomic E-state index is 12.9. The highest BCUT2D eigenvalue weighted by atomic mass is 19.1. The van der Waals surface area contributed by atoms with Crippen molar-refractivity contribution in [3.05, 3.63) is 35.6 Å². The molecule has 1 rings (SSSR count). The van der Waals surface area contributed by atoms with Gasteiger partial charge in [0.05, 0.1) is 13.7 Å². The molecule has 0 radical (unpaired) electrons. The lowest BCUT2D eigenvalue weighted by Crippen LogP contribution is -2.44. The molecule has 7 heteroatoms. The van der Waals surface area contributed by atoms with Gasteiger partial charge in [0.15, 0.2) is 0 Å². The molecule has 0 heterocycles. The first-order valence-corrected chi connectivity index (χ1v) is 5.85. The van der Waals surface area contributed by atoms with E-state index in [0.29, 0.717) is 0 Å². The Labute approximate surface area is 115 Å². The van der Waals surface area contributed by atoms with Crippen LogP contribution < -0.4 is 10.6 Å². The van der Waals surface area contributed by atoms with Crippen LogP contribution in [0.3, 0.4) is 0 Å². The van der Waals surface area contributed by atoms with E-state index >= 15 is 0 Å². The molecule has 2 N–H and O–H groups in total. The normalized spacial score (nSPS) is 11.3. The Hall–Kier alpha value is -2.44. The van der Waals surface area contributed by atoms with E-state index in [1.54, 1.807) is 0 Å². The van der Waals surface area contributed by atoms with Crippen LogP contribution in [0.15, 0.2) is 24.3 Å². The molecule has 0 aromatic heterocycles. The van der Waals surface area contributed by atoms with E-state index in [0.717, 1.165) is 6.07 Å². The molecule has 0 aliphatic carbocycles. The fourth-order valence-electron chi connectivity index (χ4n) is 1.42. The molecule has 1 atom stereocenters. The molecule has 1 aromatic carbocycles. The molecule has 20 heavy (non-hydrogen) atoms. The molecule has 2 amide bonds. The van der Waals surface area contributed by atoms with Crippen LogP contribution in [0.5, 0.6) is 0 Å². The minimum Gasteiger partial charge on any atom is -0.467 e. The van der Waals surface area contributed by atoms with E-state index in [1.165, 1.54) is 32.2 Å². The Kier molecular flexibility index (Phi) is 5.64. The number of carbonyl (C=O) groups excluding carboxylic acids is 3. The molecule has 6 nitrogen and oxygen atoms in total. The number of rotatable bonds is 5. The lowest BCUT2D eigenvalue weighted by atomic mass is 10.2. The predicted octanol–water partition coefficient (Wildman–Crippen LogP) is 0.233. The van der Waals surface area contributed by atoms with Crippen LogP contribution in [0, 0.1) is 5.82 Å². The Morgan fingerprint density at radius 3 is 2.65 bits per heavy atom. The summed E-state index contributed by atoms with van der Waals surface area (Å²) in [4.78, 5) is 34.2. The third-order valence-corrected chi connectivity index (χ3v) is 2.43. The molecular formula is C13H15FN2O4. The molecule has 0 fully saturated rings. The summed E-state index contributed by atoms with van der Waals surface area (Å²) >= 11 is 0. The zero-order valence-corrected chi connectivity index (χ0v) is 11.1. The second-order valence-electron chi connectivity index (χ2n) is 4.01. The summed E-state index contributed by atoms with van der Waals surface area (Å²) in [5.74, 6) is -2.26. The standard InChI is InChI=1S/C13H15FN2O4/c1-8(13(19)20-2)16-11(17)7-15-12(18)9-4-3-5-10(14)6-9/h3-6,8H,7H2,1-2H3,(H,15,18)(H,16,17). The fraction of sp³-hybridized carbons (Fsp3) is 0.308. The van der Waals surface area contributed by atoms with E-state index in [1.807, 2.05) is 0 Å². The largest absolute Gasteiger partial charge is 0.467 e. The van der Waals surface area contributed by atoms with Crippen molar-refractivity contribution in [2.24, 2.45) is 0 Å². The highest BCUT2D eigenvalue weighted by Crippen LogP contribution is 2.02. The molecule has 0 bridgehead atoms. The van der Waals surface area contributed by atoms with Gasteiger partial charge in [0, 0.05) is 5.56 Å². The summed E-state index contributed by atoms with van der Waals surface area (Å²) in [6.45, 7) is 1.13. The topological polar surface area (TPSA) is 84.5 Å². The number of ether oxygens (including phenoxy) is 1. The number of benzene rings is 1. The quantitative estimate of drug-likeness (QED) is 0.757. The van der Waals surface area contributed by atoms with Crippen LogP contribution in [0.2, 0.25) is 0 Å². The second-order valence-corrected chi connectivity index (χ2v) is 4.01. The third-order valence-electron chi connectivity index (χ3n) is 2.43. The van der Waals surface area contributed by atoms with E-state index < -0.39 is 29.6 Å². The van der Waals surface area contributed by atoms with Crippen molar-refractivity contribution in [2.45, 2.75) is 13.0 Å². The van der Waals surface area contributed by atoms with Gasteiger partial charge in [-0.2, -0.15) is 0 Å². The molecular weight excluding hydrogens is 267 g/mol. The van der Waals surface area contributed by atoms with Gasteiger partial charge in [-0.15, -0.1) is 0 Å². The number of amides is 2. The molecule has 0 spiro atoms. The summed E-state index contributed by atoms with van der Waals surface area (Å²) in [5.41, 5.74) is 0.110. The highest BCUT2D eigenvalue weighted by Gasteiger charge is 2.16. The third kappa shape index (κ3) is 4.68. The van der Waals surface area contributed by atoms with Crippen molar-refractivity contribution in [2.75, 3.05) is 13.7 Å². The van der Waals surface area contributed by atoms with Crippen molar-refractivity contribution in [3.8, 4) is 0 Å². The lowest BCUT2D eigenvalue weighted by Gasteiger charge is -2.11. The molecule has 108 valence electrons. The van der Waals surface area contributed by atoms with E-state index in [4.69, 9.17) is 0 Å². The number of nitrogens with one attached hydrogen (secondary N) is 2. The monoisotopic (exact) mass is 282 g/mol. The van der Waals surface area contributed by atoms with Crippen LogP contribution >= 0.6 is 0 Å². The zero-order valence-electron chi connectivity index (χ0n) is 11.1. The molecule has 1 unspecified atom stereocenters. The van der Waals surface area contributed by atoms with Crippen molar-refractivity contribution in [1.29, 1.82) is 0 Å². The zero-order chi connectivity index (χ0) is 15.1. The van der Waals surface area contributed by atoms with Crippen LogP contribution in [-0.4, -0.2) is 37.5 Å².